The van der Waals surface area contributed by atoms with Crippen LogP contribution in [0.2, 0.25) is 5.15 Å². The van der Waals surface area contributed by atoms with Crippen LogP contribution in [0.5, 0.6) is 0 Å². The summed E-state index contributed by atoms with van der Waals surface area (Å²) in [5, 5.41) is 3.78. The van der Waals surface area contributed by atoms with Crippen molar-refractivity contribution in [1.29, 1.82) is 0 Å². The number of nitrogens with one attached hydrogen (secondary N) is 1. The molecule has 1 aliphatic rings. The highest BCUT2D eigenvalue weighted by atomic mass is 35.5. The van der Waals surface area contributed by atoms with Gasteiger partial charge in [-0.25, -0.2) is 9.97 Å². The second-order valence-corrected chi connectivity index (χ2v) is 4.13. The number of aromatic nitrogens is 2. The van der Waals surface area contributed by atoms with Crippen LogP contribution >= 0.6 is 11.6 Å². The molecule has 82 valence electrons. The molecule has 2 heterocycles. The van der Waals surface area contributed by atoms with Gasteiger partial charge >= 0.3 is 0 Å². The number of hydrogen-bond donors (Lipinski definition) is 1. The molecule has 0 spiro atoms. The van der Waals surface area contributed by atoms with Gasteiger partial charge in [0, 0.05) is 12.7 Å². The van der Waals surface area contributed by atoms with Gasteiger partial charge in [0.05, 0.1) is 12.1 Å². The molecule has 2 rings (SSSR count). The van der Waals surface area contributed by atoms with Crippen molar-refractivity contribution in [1.82, 2.24) is 9.97 Å². The number of rotatable bonds is 2. The van der Waals surface area contributed by atoms with Gasteiger partial charge in [-0.05, 0) is 20.3 Å². The van der Waals surface area contributed by atoms with Crippen LogP contribution in [0.3, 0.4) is 0 Å². The molecule has 1 fully saturated rings. The zero-order valence-electron chi connectivity index (χ0n) is 8.83. The van der Waals surface area contributed by atoms with Gasteiger partial charge in [0.2, 0.25) is 0 Å². The Morgan fingerprint density at radius 2 is 2.33 bits per heavy atom. The van der Waals surface area contributed by atoms with Gasteiger partial charge in [-0.15, -0.1) is 0 Å². The largest absolute Gasteiger partial charge is 0.376 e. The second kappa shape index (κ2) is 4.33. The fourth-order valence-electron chi connectivity index (χ4n) is 1.72. The molecule has 1 aromatic rings. The summed E-state index contributed by atoms with van der Waals surface area (Å²) in [7, 11) is 0. The zero-order valence-corrected chi connectivity index (χ0v) is 9.58. The normalized spacial score (nSPS) is 25.5. The topological polar surface area (TPSA) is 47.0 Å². The number of hydrogen-bond acceptors (Lipinski definition) is 4. The van der Waals surface area contributed by atoms with Crippen LogP contribution in [-0.2, 0) is 4.74 Å². The predicted octanol–water partition coefficient (Wildman–Crippen LogP) is 2.03. The molecule has 1 aliphatic heterocycles. The van der Waals surface area contributed by atoms with Crippen molar-refractivity contribution in [3.05, 3.63) is 17.0 Å². The van der Waals surface area contributed by atoms with Gasteiger partial charge in [-0.2, -0.15) is 0 Å². The van der Waals surface area contributed by atoms with Crippen LogP contribution in [0.1, 0.15) is 19.2 Å². The highest BCUT2D eigenvalue weighted by molar-refractivity contribution is 6.29. The summed E-state index contributed by atoms with van der Waals surface area (Å²) in [6, 6.07) is 2.05. The zero-order chi connectivity index (χ0) is 10.8. The van der Waals surface area contributed by atoms with Gasteiger partial charge in [0.25, 0.3) is 0 Å². The Morgan fingerprint density at radius 1 is 1.53 bits per heavy atom. The van der Waals surface area contributed by atoms with Gasteiger partial charge < -0.3 is 10.1 Å². The van der Waals surface area contributed by atoms with Gasteiger partial charge in [-0.3, -0.25) is 0 Å². The average molecular weight is 228 g/mol. The molecule has 0 aliphatic carbocycles. The fraction of sp³-hybridized carbons (Fsp3) is 0.600. The predicted molar refractivity (Wildman–Crippen MR) is 59.2 cm³/mol. The molecule has 0 amide bonds. The summed E-state index contributed by atoms with van der Waals surface area (Å²) in [4.78, 5) is 8.28. The van der Waals surface area contributed by atoms with Crippen LogP contribution in [0, 0.1) is 6.92 Å². The van der Waals surface area contributed by atoms with Crippen LogP contribution in [-0.4, -0.2) is 28.7 Å². The summed E-state index contributed by atoms with van der Waals surface area (Å²) in [6.45, 7) is 4.68. The highest BCUT2D eigenvalue weighted by Crippen LogP contribution is 2.19. The van der Waals surface area contributed by atoms with Gasteiger partial charge in [0.1, 0.15) is 16.8 Å². The van der Waals surface area contributed by atoms with E-state index in [2.05, 4.69) is 22.2 Å². The standard InChI is InChI=1S/C10H14ClN3O/c1-6-8(3-4-15-6)14-10-5-9(11)12-7(2)13-10/h5-6,8H,3-4H2,1-2H3,(H,12,13,14). The molecule has 0 bridgehead atoms. The van der Waals surface area contributed by atoms with E-state index in [9.17, 15) is 0 Å². The second-order valence-electron chi connectivity index (χ2n) is 3.74. The van der Waals surface area contributed by atoms with Crippen LogP contribution in [0.25, 0.3) is 0 Å². The molecular formula is C10H14ClN3O. The Labute approximate surface area is 94.0 Å². The number of anilines is 1. The summed E-state index contributed by atoms with van der Waals surface area (Å²) in [5.41, 5.74) is 0. The molecule has 5 heteroatoms. The molecule has 1 saturated heterocycles. The smallest absolute Gasteiger partial charge is 0.134 e. The molecule has 0 radical (unpaired) electrons. The summed E-state index contributed by atoms with van der Waals surface area (Å²) >= 11 is 5.85. The lowest BCUT2D eigenvalue weighted by atomic mass is 10.1. The lowest BCUT2D eigenvalue weighted by Gasteiger charge is -2.16. The first-order valence-corrected chi connectivity index (χ1v) is 5.42. The Hall–Kier alpha value is -0.870. The molecule has 2 unspecified atom stereocenters. The SMILES string of the molecule is Cc1nc(Cl)cc(NC2CCOC2C)n1. The van der Waals surface area contributed by atoms with E-state index in [1.165, 1.54) is 0 Å². The maximum atomic E-state index is 5.85. The van der Waals surface area contributed by atoms with Crippen molar-refractivity contribution in [3.8, 4) is 0 Å². The maximum Gasteiger partial charge on any atom is 0.134 e. The van der Waals surface area contributed by atoms with Crippen molar-refractivity contribution >= 4 is 17.4 Å². The Bertz CT molecular complexity index is 338. The monoisotopic (exact) mass is 227 g/mol. The maximum absolute atomic E-state index is 5.85. The third-order valence-corrected chi connectivity index (χ3v) is 2.71. The molecule has 0 aromatic carbocycles. The van der Waals surface area contributed by atoms with Crippen molar-refractivity contribution in [2.24, 2.45) is 0 Å². The molecule has 4 nitrogen and oxygen atoms in total. The lowest BCUT2D eigenvalue weighted by molar-refractivity contribution is 0.121. The molecule has 15 heavy (non-hydrogen) atoms. The summed E-state index contributed by atoms with van der Waals surface area (Å²) in [5.74, 6) is 1.45. The van der Waals surface area contributed by atoms with Crippen molar-refractivity contribution < 1.29 is 4.74 Å². The number of halogens is 1. The van der Waals surface area contributed by atoms with Crippen LogP contribution in [0.15, 0.2) is 6.07 Å². The van der Waals surface area contributed by atoms with E-state index in [1.807, 2.05) is 6.92 Å². The quantitative estimate of drug-likeness (QED) is 0.786. The third kappa shape index (κ3) is 2.58. The van der Waals surface area contributed by atoms with Crippen LogP contribution < -0.4 is 5.32 Å². The molecule has 1 aromatic heterocycles. The van der Waals surface area contributed by atoms with E-state index in [4.69, 9.17) is 16.3 Å². The summed E-state index contributed by atoms with van der Waals surface area (Å²) < 4.78 is 5.46. The van der Waals surface area contributed by atoms with Crippen LogP contribution in [0.4, 0.5) is 5.82 Å². The molecule has 0 saturated carbocycles. The Kier molecular flexibility index (Phi) is 3.07. The molecule has 2 atom stereocenters. The van der Waals surface area contributed by atoms with Gasteiger partial charge in [-0.1, -0.05) is 11.6 Å². The first-order valence-electron chi connectivity index (χ1n) is 5.04. The number of ether oxygens (including phenoxy) is 1. The van der Waals surface area contributed by atoms with Crippen molar-refractivity contribution in [2.75, 3.05) is 11.9 Å². The highest BCUT2D eigenvalue weighted by Gasteiger charge is 2.24. The minimum atomic E-state index is 0.221. The molecule has 1 N–H and O–H groups in total. The van der Waals surface area contributed by atoms with E-state index in [0.29, 0.717) is 17.0 Å². The lowest BCUT2D eigenvalue weighted by Crippen LogP contribution is -2.27. The average Bonchev–Trinajstić information content (AvgIpc) is 2.50. The van der Waals surface area contributed by atoms with Crippen molar-refractivity contribution in [3.63, 3.8) is 0 Å². The first kappa shape index (κ1) is 10.6. The fourth-order valence-corrected chi connectivity index (χ4v) is 1.94. The summed E-state index contributed by atoms with van der Waals surface area (Å²) in [6.07, 6.45) is 1.22. The first-order chi connectivity index (χ1) is 7.15. The van der Waals surface area contributed by atoms with Crippen molar-refractivity contribution in [2.45, 2.75) is 32.4 Å². The minimum absolute atomic E-state index is 0.221. The third-order valence-electron chi connectivity index (χ3n) is 2.52. The molecular weight excluding hydrogens is 214 g/mol. The van der Waals surface area contributed by atoms with E-state index < -0.39 is 0 Å². The number of aryl methyl sites for hydroxylation is 1. The van der Waals surface area contributed by atoms with E-state index in [0.717, 1.165) is 18.8 Å². The number of nitrogens with zero attached hydrogens (tertiary/aromatic N) is 2. The van der Waals surface area contributed by atoms with E-state index in [1.54, 1.807) is 6.07 Å². The van der Waals surface area contributed by atoms with Gasteiger partial charge in [0.15, 0.2) is 0 Å². The van der Waals surface area contributed by atoms with E-state index >= 15 is 0 Å². The minimum Gasteiger partial charge on any atom is -0.376 e. The Balaban J connectivity index is 2.10. The Morgan fingerprint density at radius 3 is 2.93 bits per heavy atom. The van der Waals surface area contributed by atoms with E-state index in [-0.39, 0.29) is 6.10 Å².